The molecule has 1 amide bonds. The van der Waals surface area contributed by atoms with E-state index in [1.165, 1.54) is 7.11 Å². The van der Waals surface area contributed by atoms with Crippen molar-refractivity contribution in [2.75, 3.05) is 43.9 Å². The molecular weight excluding hydrogens is 526 g/mol. The lowest BCUT2D eigenvalue weighted by molar-refractivity contribution is -0.136. The SMILES string of the molecule is CCNC(=O)c1ccc(NCC#Cc2cc3c(N[C@@H]4CCNC[C@@H]4F)cccc3n2CCC(F)(F)F)c(OC)c1. The highest BCUT2D eigenvalue weighted by Gasteiger charge is 2.28. The van der Waals surface area contributed by atoms with Gasteiger partial charge in [-0.1, -0.05) is 12.0 Å². The zero-order valence-corrected chi connectivity index (χ0v) is 22.4. The largest absolute Gasteiger partial charge is 0.495 e. The predicted octanol–water partition coefficient (Wildman–Crippen LogP) is 4.93. The highest BCUT2D eigenvalue weighted by atomic mass is 19.4. The topological polar surface area (TPSA) is 79.4 Å². The fourth-order valence-electron chi connectivity index (χ4n) is 4.69. The van der Waals surface area contributed by atoms with Crippen LogP contribution in [0, 0.1) is 11.8 Å². The monoisotopic (exact) mass is 559 g/mol. The third-order valence-corrected chi connectivity index (χ3v) is 6.70. The van der Waals surface area contributed by atoms with Gasteiger partial charge in [-0.05, 0) is 62.2 Å². The minimum absolute atomic E-state index is 0.182. The van der Waals surface area contributed by atoms with E-state index in [9.17, 15) is 22.4 Å². The van der Waals surface area contributed by atoms with Gasteiger partial charge in [0.25, 0.3) is 5.91 Å². The molecule has 40 heavy (non-hydrogen) atoms. The normalized spacial score (nSPS) is 17.1. The number of methoxy groups -OCH3 is 1. The van der Waals surface area contributed by atoms with Crippen LogP contribution in [0.15, 0.2) is 42.5 Å². The summed E-state index contributed by atoms with van der Waals surface area (Å²) < 4.78 is 60.8. The number of halogens is 4. The second kappa shape index (κ2) is 13.0. The van der Waals surface area contributed by atoms with E-state index in [1.807, 2.05) is 6.92 Å². The van der Waals surface area contributed by atoms with Crippen molar-refractivity contribution >= 4 is 28.2 Å². The molecule has 1 aliphatic rings. The first-order valence-electron chi connectivity index (χ1n) is 13.2. The second-order valence-electron chi connectivity index (χ2n) is 9.47. The summed E-state index contributed by atoms with van der Waals surface area (Å²) in [6.45, 7) is 3.16. The maximum Gasteiger partial charge on any atom is 0.390 e. The molecule has 0 unspecified atom stereocenters. The lowest BCUT2D eigenvalue weighted by Crippen LogP contribution is -2.45. The highest BCUT2D eigenvalue weighted by Crippen LogP contribution is 2.31. The summed E-state index contributed by atoms with van der Waals surface area (Å²) in [6, 6.07) is 11.7. The molecule has 0 bridgehead atoms. The zero-order valence-electron chi connectivity index (χ0n) is 22.4. The van der Waals surface area contributed by atoms with E-state index < -0.39 is 24.8 Å². The van der Waals surface area contributed by atoms with E-state index in [0.29, 0.717) is 58.8 Å². The summed E-state index contributed by atoms with van der Waals surface area (Å²) in [4.78, 5) is 12.1. The number of carbonyl (C=O) groups excluding carboxylic acids is 1. The van der Waals surface area contributed by atoms with Crippen molar-refractivity contribution in [2.24, 2.45) is 0 Å². The molecule has 7 nitrogen and oxygen atoms in total. The molecule has 0 spiro atoms. The van der Waals surface area contributed by atoms with Gasteiger partial charge < -0.3 is 30.6 Å². The number of carbonyl (C=O) groups is 1. The molecule has 2 heterocycles. The van der Waals surface area contributed by atoms with Gasteiger partial charge in [-0.15, -0.1) is 0 Å². The Labute approximate surface area is 230 Å². The third kappa shape index (κ3) is 7.18. The summed E-state index contributed by atoms with van der Waals surface area (Å²) in [5, 5.41) is 12.8. The minimum atomic E-state index is -4.33. The molecule has 1 fully saturated rings. The second-order valence-corrected chi connectivity index (χ2v) is 9.47. The standard InChI is InChI=1S/C29H33F4N5O2/c1-3-35-28(39)19-9-10-25(27(16-19)40-2)36-13-5-6-20-17-21-23(37-24-11-14-34-18-22(24)30)7-4-8-26(21)38(20)15-12-29(31,32)33/h4,7-10,16-17,22,24,34,36-37H,3,11-15,18H2,1-2H3,(H,35,39)/t22-,24+/m0/s1. The van der Waals surface area contributed by atoms with Gasteiger partial charge >= 0.3 is 6.18 Å². The quantitative estimate of drug-likeness (QED) is 0.221. The van der Waals surface area contributed by atoms with Crippen molar-refractivity contribution < 1.29 is 27.1 Å². The molecule has 1 saturated heterocycles. The van der Waals surface area contributed by atoms with Crippen LogP contribution in [0.1, 0.15) is 35.8 Å². The van der Waals surface area contributed by atoms with Crippen molar-refractivity contribution in [3.63, 3.8) is 0 Å². The maximum atomic E-state index is 14.5. The van der Waals surface area contributed by atoms with Gasteiger partial charge in [-0.3, -0.25) is 4.79 Å². The molecule has 4 N–H and O–H groups in total. The summed E-state index contributed by atoms with van der Waals surface area (Å²) in [5.41, 5.74) is 2.76. The number of ether oxygens (including phenoxy) is 1. The Morgan fingerprint density at radius 3 is 2.75 bits per heavy atom. The van der Waals surface area contributed by atoms with Crippen molar-refractivity contribution in [3.8, 4) is 17.6 Å². The maximum absolute atomic E-state index is 14.5. The number of hydrogen-bond donors (Lipinski definition) is 4. The highest BCUT2D eigenvalue weighted by molar-refractivity contribution is 5.95. The predicted molar refractivity (Wildman–Crippen MR) is 149 cm³/mol. The number of alkyl halides is 4. The number of anilines is 2. The van der Waals surface area contributed by atoms with Crippen LogP contribution in [0.2, 0.25) is 0 Å². The molecule has 214 valence electrons. The average Bonchev–Trinajstić information content (AvgIpc) is 3.29. The molecule has 2 aromatic carbocycles. The lowest BCUT2D eigenvalue weighted by atomic mass is 10.0. The van der Waals surface area contributed by atoms with Crippen molar-refractivity contribution in [3.05, 3.63) is 53.7 Å². The first-order chi connectivity index (χ1) is 19.2. The number of rotatable bonds is 9. The van der Waals surface area contributed by atoms with Crippen LogP contribution in [-0.4, -0.2) is 62.2 Å². The van der Waals surface area contributed by atoms with E-state index >= 15 is 0 Å². The molecule has 0 radical (unpaired) electrons. The number of piperidine rings is 1. The fraction of sp³-hybridized carbons (Fsp3) is 0.414. The van der Waals surface area contributed by atoms with E-state index in [0.717, 1.165) is 0 Å². The number of nitrogens with zero attached hydrogens (tertiary/aromatic N) is 1. The summed E-state index contributed by atoms with van der Waals surface area (Å²) >= 11 is 0. The average molecular weight is 560 g/mol. The molecule has 3 aromatic rings. The summed E-state index contributed by atoms with van der Waals surface area (Å²) in [7, 11) is 1.49. The van der Waals surface area contributed by atoms with E-state index in [1.54, 1.807) is 47.0 Å². The van der Waals surface area contributed by atoms with Crippen LogP contribution in [-0.2, 0) is 6.54 Å². The molecule has 1 aliphatic heterocycles. The molecule has 4 rings (SSSR count). The van der Waals surface area contributed by atoms with Gasteiger partial charge in [0.15, 0.2) is 0 Å². The fourth-order valence-corrected chi connectivity index (χ4v) is 4.69. The Morgan fingerprint density at radius 1 is 1.20 bits per heavy atom. The van der Waals surface area contributed by atoms with Gasteiger partial charge in [-0.2, -0.15) is 13.2 Å². The van der Waals surface area contributed by atoms with Gasteiger partial charge in [0.1, 0.15) is 11.9 Å². The first kappa shape index (κ1) is 29.1. The Morgan fingerprint density at radius 2 is 2.02 bits per heavy atom. The van der Waals surface area contributed by atoms with Gasteiger partial charge in [0.2, 0.25) is 0 Å². The Hall–Kier alpha value is -3.91. The van der Waals surface area contributed by atoms with Crippen LogP contribution in [0.5, 0.6) is 5.75 Å². The Bertz CT molecular complexity index is 1390. The number of benzene rings is 2. The zero-order chi connectivity index (χ0) is 28.7. The molecule has 0 saturated carbocycles. The molecule has 11 heteroatoms. The molecular formula is C29H33F4N5O2. The van der Waals surface area contributed by atoms with Crippen molar-refractivity contribution in [2.45, 2.75) is 44.7 Å². The first-order valence-corrected chi connectivity index (χ1v) is 13.2. The van der Waals surface area contributed by atoms with Gasteiger partial charge in [0, 0.05) is 36.3 Å². The Balaban J connectivity index is 1.57. The smallest absolute Gasteiger partial charge is 0.390 e. The van der Waals surface area contributed by atoms with Crippen LogP contribution in [0.25, 0.3) is 10.9 Å². The van der Waals surface area contributed by atoms with Crippen molar-refractivity contribution in [1.82, 2.24) is 15.2 Å². The number of aromatic nitrogens is 1. The third-order valence-electron chi connectivity index (χ3n) is 6.70. The molecule has 0 aliphatic carbocycles. The Kier molecular flexibility index (Phi) is 9.42. The number of aryl methyl sites for hydroxylation is 1. The number of fused-ring (bicyclic) bond motifs is 1. The minimum Gasteiger partial charge on any atom is -0.495 e. The number of hydrogen-bond acceptors (Lipinski definition) is 5. The lowest BCUT2D eigenvalue weighted by Gasteiger charge is -2.28. The van der Waals surface area contributed by atoms with E-state index in [4.69, 9.17) is 4.74 Å². The number of amides is 1. The summed E-state index contributed by atoms with van der Waals surface area (Å²) in [6.07, 6.45) is -5.81. The molecule has 2 atom stereocenters. The van der Waals surface area contributed by atoms with Gasteiger partial charge in [-0.25, -0.2) is 4.39 Å². The van der Waals surface area contributed by atoms with Crippen molar-refractivity contribution in [1.29, 1.82) is 0 Å². The van der Waals surface area contributed by atoms with Crippen LogP contribution in [0.3, 0.4) is 0 Å². The van der Waals surface area contributed by atoms with Crippen LogP contribution < -0.4 is 26.0 Å². The summed E-state index contributed by atoms with van der Waals surface area (Å²) in [5.74, 6) is 6.23. The van der Waals surface area contributed by atoms with E-state index in [2.05, 4.69) is 33.1 Å². The van der Waals surface area contributed by atoms with Gasteiger partial charge in [0.05, 0.1) is 43.0 Å². The van der Waals surface area contributed by atoms with Crippen LogP contribution in [0.4, 0.5) is 28.9 Å². The molecule has 1 aromatic heterocycles. The van der Waals surface area contributed by atoms with E-state index in [-0.39, 0.29) is 25.5 Å². The van der Waals surface area contributed by atoms with Crippen LogP contribution >= 0.6 is 0 Å². The number of nitrogens with one attached hydrogen (secondary N) is 4.